The number of methoxy groups -OCH3 is 2. The minimum Gasteiger partial charge on any atom is -0.493 e. The first-order valence-corrected chi connectivity index (χ1v) is 7.95. The molecule has 0 fully saturated rings. The summed E-state index contributed by atoms with van der Waals surface area (Å²) < 4.78 is 10.5. The van der Waals surface area contributed by atoms with Crippen LogP contribution in [0.2, 0.25) is 0 Å². The van der Waals surface area contributed by atoms with Gasteiger partial charge in [0.15, 0.2) is 11.5 Å². The van der Waals surface area contributed by atoms with Crippen LogP contribution in [0, 0.1) is 0 Å². The molecule has 0 saturated carbocycles. The molecule has 0 heterocycles. The standard InChI is InChI=1S/C19H24N2O3/c1-5-14-6-8-15(9-7-14)21-19(22)13(2)20-16-10-11-17(23-3)18(12-16)24-4/h6-13,20H,5H2,1-4H3,(H,21,22)/t13-/m1/s1. The van der Waals surface area contributed by atoms with Crippen molar-refractivity contribution in [2.24, 2.45) is 0 Å². The molecule has 128 valence electrons. The van der Waals surface area contributed by atoms with Crippen LogP contribution in [-0.4, -0.2) is 26.2 Å². The van der Waals surface area contributed by atoms with Gasteiger partial charge in [-0.3, -0.25) is 4.79 Å². The smallest absolute Gasteiger partial charge is 0.246 e. The van der Waals surface area contributed by atoms with E-state index in [2.05, 4.69) is 17.6 Å². The van der Waals surface area contributed by atoms with Gasteiger partial charge < -0.3 is 20.1 Å². The van der Waals surface area contributed by atoms with Crippen molar-refractivity contribution in [2.75, 3.05) is 24.9 Å². The number of benzene rings is 2. The highest BCUT2D eigenvalue weighted by atomic mass is 16.5. The first-order chi connectivity index (χ1) is 11.6. The van der Waals surface area contributed by atoms with E-state index in [0.717, 1.165) is 17.8 Å². The van der Waals surface area contributed by atoms with Crippen molar-refractivity contribution in [3.05, 3.63) is 48.0 Å². The zero-order chi connectivity index (χ0) is 17.5. The molecule has 0 aliphatic heterocycles. The number of carbonyl (C=O) groups is 1. The van der Waals surface area contributed by atoms with Crippen LogP contribution in [-0.2, 0) is 11.2 Å². The first kappa shape index (κ1) is 17.7. The van der Waals surface area contributed by atoms with E-state index in [-0.39, 0.29) is 5.91 Å². The second kappa shape index (κ2) is 8.24. The lowest BCUT2D eigenvalue weighted by Crippen LogP contribution is -2.31. The van der Waals surface area contributed by atoms with E-state index >= 15 is 0 Å². The van der Waals surface area contributed by atoms with Crippen LogP contribution in [0.5, 0.6) is 11.5 Å². The Morgan fingerprint density at radius 3 is 2.21 bits per heavy atom. The van der Waals surface area contributed by atoms with Crippen molar-refractivity contribution in [1.29, 1.82) is 0 Å². The quantitative estimate of drug-likeness (QED) is 0.813. The Labute approximate surface area is 143 Å². The number of hydrogen-bond acceptors (Lipinski definition) is 4. The molecule has 1 amide bonds. The monoisotopic (exact) mass is 328 g/mol. The fourth-order valence-electron chi connectivity index (χ4n) is 2.32. The van der Waals surface area contributed by atoms with E-state index in [4.69, 9.17) is 9.47 Å². The maximum Gasteiger partial charge on any atom is 0.246 e. The zero-order valence-electron chi connectivity index (χ0n) is 14.6. The van der Waals surface area contributed by atoms with Gasteiger partial charge in [0.1, 0.15) is 6.04 Å². The topological polar surface area (TPSA) is 59.6 Å². The van der Waals surface area contributed by atoms with Crippen LogP contribution < -0.4 is 20.1 Å². The molecule has 2 aromatic carbocycles. The largest absolute Gasteiger partial charge is 0.493 e. The Morgan fingerprint density at radius 1 is 1.00 bits per heavy atom. The Balaban J connectivity index is 2.00. The van der Waals surface area contributed by atoms with Crippen molar-refractivity contribution in [1.82, 2.24) is 0 Å². The van der Waals surface area contributed by atoms with Crippen molar-refractivity contribution in [3.8, 4) is 11.5 Å². The molecule has 5 nitrogen and oxygen atoms in total. The van der Waals surface area contributed by atoms with Crippen LogP contribution in [0.3, 0.4) is 0 Å². The summed E-state index contributed by atoms with van der Waals surface area (Å²) in [6.45, 7) is 3.91. The second-order valence-electron chi connectivity index (χ2n) is 5.48. The molecule has 0 saturated heterocycles. The minimum atomic E-state index is -0.394. The summed E-state index contributed by atoms with van der Waals surface area (Å²) >= 11 is 0. The molecular formula is C19H24N2O3. The lowest BCUT2D eigenvalue weighted by Gasteiger charge is -2.17. The van der Waals surface area contributed by atoms with Gasteiger partial charge in [0, 0.05) is 17.4 Å². The Kier molecular flexibility index (Phi) is 6.07. The van der Waals surface area contributed by atoms with Crippen LogP contribution in [0.25, 0.3) is 0 Å². The van der Waals surface area contributed by atoms with Gasteiger partial charge in [-0.2, -0.15) is 0 Å². The summed E-state index contributed by atoms with van der Waals surface area (Å²) in [6, 6.07) is 12.9. The van der Waals surface area contributed by atoms with Gasteiger partial charge >= 0.3 is 0 Å². The van der Waals surface area contributed by atoms with Gasteiger partial charge in [-0.15, -0.1) is 0 Å². The zero-order valence-corrected chi connectivity index (χ0v) is 14.6. The number of rotatable bonds is 7. The third kappa shape index (κ3) is 4.41. The van der Waals surface area contributed by atoms with Gasteiger partial charge in [-0.25, -0.2) is 0 Å². The SMILES string of the molecule is CCc1ccc(NC(=O)[C@@H](C)Nc2ccc(OC)c(OC)c2)cc1. The molecule has 0 aliphatic rings. The van der Waals surface area contributed by atoms with E-state index in [1.807, 2.05) is 37.3 Å². The van der Waals surface area contributed by atoms with Crippen molar-refractivity contribution in [2.45, 2.75) is 26.3 Å². The molecule has 0 unspecified atom stereocenters. The summed E-state index contributed by atoms with van der Waals surface area (Å²) in [5, 5.41) is 6.07. The molecule has 0 aromatic heterocycles. The fourth-order valence-corrected chi connectivity index (χ4v) is 2.32. The highest BCUT2D eigenvalue weighted by Crippen LogP contribution is 2.30. The number of carbonyl (C=O) groups excluding carboxylic acids is 1. The van der Waals surface area contributed by atoms with Crippen LogP contribution in [0.4, 0.5) is 11.4 Å². The number of hydrogen-bond donors (Lipinski definition) is 2. The van der Waals surface area contributed by atoms with E-state index < -0.39 is 6.04 Å². The van der Waals surface area contributed by atoms with E-state index in [1.54, 1.807) is 26.4 Å². The number of nitrogens with one attached hydrogen (secondary N) is 2. The van der Waals surface area contributed by atoms with Gasteiger partial charge in [0.05, 0.1) is 14.2 Å². The summed E-state index contributed by atoms with van der Waals surface area (Å²) in [5.41, 5.74) is 2.82. The number of ether oxygens (including phenoxy) is 2. The average Bonchev–Trinajstić information content (AvgIpc) is 2.62. The van der Waals surface area contributed by atoms with E-state index in [1.165, 1.54) is 5.56 Å². The third-order valence-corrected chi connectivity index (χ3v) is 3.79. The lowest BCUT2D eigenvalue weighted by molar-refractivity contribution is -0.116. The van der Waals surface area contributed by atoms with E-state index in [0.29, 0.717) is 11.5 Å². The molecule has 5 heteroatoms. The van der Waals surface area contributed by atoms with Gasteiger partial charge in [-0.1, -0.05) is 19.1 Å². The summed E-state index contributed by atoms with van der Waals surface area (Å²) in [7, 11) is 3.17. The molecule has 0 spiro atoms. The normalized spacial score (nSPS) is 11.5. The maximum absolute atomic E-state index is 12.3. The fraction of sp³-hybridized carbons (Fsp3) is 0.316. The Morgan fingerprint density at radius 2 is 1.62 bits per heavy atom. The number of anilines is 2. The Hall–Kier alpha value is -2.69. The summed E-state index contributed by atoms with van der Waals surface area (Å²) in [4.78, 5) is 12.3. The van der Waals surface area contributed by atoms with Crippen molar-refractivity contribution in [3.63, 3.8) is 0 Å². The molecule has 0 radical (unpaired) electrons. The predicted molar refractivity (Wildman–Crippen MR) is 97.1 cm³/mol. The molecule has 2 rings (SSSR count). The van der Waals surface area contributed by atoms with E-state index in [9.17, 15) is 4.79 Å². The van der Waals surface area contributed by atoms with Crippen LogP contribution in [0.1, 0.15) is 19.4 Å². The minimum absolute atomic E-state index is 0.103. The van der Waals surface area contributed by atoms with Crippen LogP contribution >= 0.6 is 0 Å². The summed E-state index contributed by atoms with van der Waals surface area (Å²) in [6.07, 6.45) is 0.978. The number of aryl methyl sites for hydroxylation is 1. The molecule has 2 aromatic rings. The molecular weight excluding hydrogens is 304 g/mol. The van der Waals surface area contributed by atoms with Gasteiger partial charge in [0.25, 0.3) is 0 Å². The lowest BCUT2D eigenvalue weighted by atomic mass is 10.1. The molecule has 0 bridgehead atoms. The molecule has 24 heavy (non-hydrogen) atoms. The third-order valence-electron chi connectivity index (χ3n) is 3.79. The van der Waals surface area contributed by atoms with Crippen LogP contribution in [0.15, 0.2) is 42.5 Å². The first-order valence-electron chi connectivity index (χ1n) is 7.95. The number of amides is 1. The molecule has 2 N–H and O–H groups in total. The Bertz CT molecular complexity index is 684. The van der Waals surface area contributed by atoms with Crippen molar-refractivity contribution < 1.29 is 14.3 Å². The second-order valence-corrected chi connectivity index (χ2v) is 5.48. The molecule has 0 aliphatic carbocycles. The maximum atomic E-state index is 12.3. The van der Waals surface area contributed by atoms with Crippen molar-refractivity contribution >= 4 is 17.3 Å². The highest BCUT2D eigenvalue weighted by Gasteiger charge is 2.14. The highest BCUT2D eigenvalue weighted by molar-refractivity contribution is 5.96. The van der Waals surface area contributed by atoms with Gasteiger partial charge in [-0.05, 0) is 43.2 Å². The van der Waals surface area contributed by atoms with Gasteiger partial charge in [0.2, 0.25) is 5.91 Å². The summed E-state index contributed by atoms with van der Waals surface area (Å²) in [5.74, 6) is 1.16. The average molecular weight is 328 g/mol. The predicted octanol–water partition coefficient (Wildman–Crippen LogP) is 3.71. The molecule has 1 atom stereocenters.